The van der Waals surface area contributed by atoms with Gasteiger partial charge in [0.2, 0.25) is 0 Å². The van der Waals surface area contributed by atoms with Crippen LogP contribution in [0.15, 0.2) is 29.4 Å². The van der Waals surface area contributed by atoms with E-state index in [1.807, 2.05) is 31.5 Å². The molecule has 34 heavy (non-hydrogen) atoms. The highest BCUT2D eigenvalue weighted by Gasteiger charge is 2.32. The molecule has 1 aromatic heterocycles. The Kier molecular flexibility index (Phi) is 7.64. The average Bonchev–Trinajstić information content (AvgIpc) is 3.35. The second-order valence-corrected chi connectivity index (χ2v) is 11.5. The number of hydroxylamine groups is 1. The number of alkyl halides is 3. The lowest BCUT2D eigenvalue weighted by atomic mass is 9.95. The summed E-state index contributed by atoms with van der Waals surface area (Å²) in [5, 5.41) is 0. The summed E-state index contributed by atoms with van der Waals surface area (Å²) in [5.74, 6) is -0.824. The van der Waals surface area contributed by atoms with Crippen LogP contribution in [0.25, 0.3) is 0 Å². The molecule has 0 bridgehead atoms. The monoisotopic (exact) mass is 499 g/mol. The number of hydrogen-bond acceptors (Lipinski definition) is 5. The maximum atomic E-state index is 13.4. The summed E-state index contributed by atoms with van der Waals surface area (Å²) in [5.41, 5.74) is 0.874. The number of aromatic nitrogens is 1. The lowest BCUT2D eigenvalue weighted by Gasteiger charge is -2.21. The van der Waals surface area contributed by atoms with Gasteiger partial charge in [-0.3, -0.25) is 4.79 Å². The van der Waals surface area contributed by atoms with E-state index in [0.29, 0.717) is 18.0 Å². The molecular weight excluding hydrogens is 467 g/mol. The van der Waals surface area contributed by atoms with E-state index in [0.717, 1.165) is 35.9 Å². The molecule has 1 aliphatic heterocycles. The van der Waals surface area contributed by atoms with Crippen LogP contribution < -0.4 is 15.1 Å². The van der Waals surface area contributed by atoms with Gasteiger partial charge in [-0.2, -0.15) is 23.6 Å². The molecule has 1 atom stereocenters. The quantitative estimate of drug-likeness (QED) is 0.555. The van der Waals surface area contributed by atoms with E-state index in [2.05, 4.69) is 31.2 Å². The Morgan fingerprint density at radius 1 is 1.24 bits per heavy atom. The number of nitrogens with one attached hydrogen (secondary N) is 1. The van der Waals surface area contributed by atoms with Crippen molar-refractivity contribution in [1.82, 2.24) is 10.0 Å². The SMILES string of the molecule is CC(C)(C)NOc1ccc(C(F)(F)F)cc1C(=O)N=c1sc(C(C)(C)C)cn1C[C@H]1CCCO1. The Bertz CT molecular complexity index is 1090. The van der Waals surface area contributed by atoms with Crippen molar-refractivity contribution >= 4 is 17.2 Å². The number of carbonyl (C=O) groups excluding carboxylic acids is 1. The van der Waals surface area contributed by atoms with Gasteiger partial charge in [0.05, 0.1) is 23.8 Å². The van der Waals surface area contributed by atoms with Crippen LogP contribution in [0.3, 0.4) is 0 Å². The van der Waals surface area contributed by atoms with Crippen molar-refractivity contribution in [3.8, 4) is 5.75 Å². The fourth-order valence-electron chi connectivity index (χ4n) is 3.27. The first-order valence-electron chi connectivity index (χ1n) is 11.2. The topological polar surface area (TPSA) is 64.8 Å². The molecular formula is C24H32F3N3O3S. The van der Waals surface area contributed by atoms with Gasteiger partial charge in [0.25, 0.3) is 5.91 Å². The smallest absolute Gasteiger partial charge is 0.407 e. The molecule has 0 spiro atoms. The van der Waals surface area contributed by atoms with E-state index in [4.69, 9.17) is 9.57 Å². The van der Waals surface area contributed by atoms with Gasteiger partial charge >= 0.3 is 6.18 Å². The Morgan fingerprint density at radius 2 is 1.94 bits per heavy atom. The summed E-state index contributed by atoms with van der Waals surface area (Å²) in [6.45, 7) is 12.9. The van der Waals surface area contributed by atoms with E-state index in [9.17, 15) is 18.0 Å². The molecule has 0 unspecified atom stereocenters. The van der Waals surface area contributed by atoms with Crippen molar-refractivity contribution in [2.24, 2.45) is 4.99 Å². The van der Waals surface area contributed by atoms with Gasteiger partial charge in [0, 0.05) is 23.2 Å². The maximum Gasteiger partial charge on any atom is 0.416 e. The minimum atomic E-state index is -4.60. The molecule has 0 aliphatic carbocycles. The first-order valence-corrected chi connectivity index (χ1v) is 12.0. The number of thiazole rings is 1. The lowest BCUT2D eigenvalue weighted by Crippen LogP contribution is -2.38. The minimum absolute atomic E-state index is 0.0138. The number of ether oxygens (including phenoxy) is 1. The van der Waals surface area contributed by atoms with E-state index in [1.54, 1.807) is 0 Å². The molecule has 0 radical (unpaired) electrons. The zero-order chi connectivity index (χ0) is 25.3. The largest absolute Gasteiger partial charge is 0.416 e. The molecule has 1 saturated heterocycles. The van der Waals surface area contributed by atoms with Crippen LogP contribution in [-0.2, 0) is 22.9 Å². The number of benzene rings is 1. The number of carbonyl (C=O) groups is 1. The Morgan fingerprint density at radius 3 is 2.50 bits per heavy atom. The number of rotatable bonds is 5. The molecule has 3 rings (SSSR count). The molecule has 1 N–H and O–H groups in total. The van der Waals surface area contributed by atoms with E-state index >= 15 is 0 Å². The second-order valence-electron chi connectivity index (χ2n) is 10.5. The van der Waals surface area contributed by atoms with Gasteiger partial charge in [-0.05, 0) is 57.2 Å². The van der Waals surface area contributed by atoms with Gasteiger partial charge in [0.1, 0.15) is 0 Å². The third-order valence-electron chi connectivity index (χ3n) is 5.09. The van der Waals surface area contributed by atoms with Gasteiger partial charge in [0.15, 0.2) is 10.6 Å². The molecule has 6 nitrogen and oxygen atoms in total. The van der Waals surface area contributed by atoms with Crippen LogP contribution in [-0.4, -0.2) is 28.7 Å². The summed E-state index contributed by atoms with van der Waals surface area (Å²) in [7, 11) is 0. The Hall–Kier alpha value is -2.17. The Labute approximate surface area is 201 Å². The first kappa shape index (κ1) is 26.4. The van der Waals surface area contributed by atoms with Gasteiger partial charge < -0.3 is 14.1 Å². The minimum Gasteiger partial charge on any atom is -0.407 e. The van der Waals surface area contributed by atoms with Crippen molar-refractivity contribution in [2.75, 3.05) is 6.61 Å². The third kappa shape index (κ3) is 6.93. The standard InChI is InChI=1S/C24H32F3N3O3S/c1-22(2,3)19-14-30(13-16-8-7-11-32-16)21(34-19)28-20(31)17-12-15(24(25,26)27)9-10-18(17)33-29-23(4,5)6/h9-10,12,14,16,29H,7-8,11,13H2,1-6H3/t16-/m1/s1. The summed E-state index contributed by atoms with van der Waals surface area (Å²) >= 11 is 1.35. The van der Waals surface area contributed by atoms with E-state index < -0.39 is 23.2 Å². The van der Waals surface area contributed by atoms with Crippen LogP contribution >= 0.6 is 11.3 Å². The molecule has 1 aliphatic rings. The van der Waals surface area contributed by atoms with Crippen LogP contribution in [0.2, 0.25) is 0 Å². The number of amides is 1. The van der Waals surface area contributed by atoms with E-state index in [1.165, 1.54) is 11.3 Å². The highest BCUT2D eigenvalue weighted by Crippen LogP contribution is 2.33. The molecule has 1 amide bonds. The van der Waals surface area contributed by atoms with Crippen molar-refractivity contribution in [3.63, 3.8) is 0 Å². The predicted octanol–water partition coefficient (Wildman–Crippen LogP) is 5.47. The zero-order valence-corrected chi connectivity index (χ0v) is 21.2. The van der Waals surface area contributed by atoms with Crippen LogP contribution in [0.4, 0.5) is 13.2 Å². The highest BCUT2D eigenvalue weighted by molar-refractivity contribution is 7.09. The molecule has 188 valence electrons. The molecule has 1 fully saturated rings. The van der Waals surface area contributed by atoms with Gasteiger partial charge in [-0.25, -0.2) is 0 Å². The van der Waals surface area contributed by atoms with Crippen LogP contribution in [0.5, 0.6) is 5.75 Å². The van der Waals surface area contributed by atoms with Crippen LogP contribution in [0.1, 0.15) is 75.2 Å². The molecule has 1 aromatic carbocycles. The first-order chi connectivity index (χ1) is 15.6. The van der Waals surface area contributed by atoms with Crippen molar-refractivity contribution < 1.29 is 27.5 Å². The zero-order valence-electron chi connectivity index (χ0n) is 20.4. The fourth-order valence-corrected chi connectivity index (χ4v) is 4.33. The summed E-state index contributed by atoms with van der Waals surface area (Å²) in [6.07, 6.45) is -0.764. The molecule has 2 heterocycles. The summed E-state index contributed by atoms with van der Waals surface area (Å²) in [4.78, 5) is 24.4. The van der Waals surface area contributed by atoms with Crippen molar-refractivity contribution in [3.05, 3.63) is 45.2 Å². The normalized spacial score (nSPS) is 17.9. The highest BCUT2D eigenvalue weighted by atomic mass is 32.1. The molecule has 0 saturated carbocycles. The summed E-state index contributed by atoms with van der Waals surface area (Å²) < 4.78 is 47.7. The van der Waals surface area contributed by atoms with Crippen LogP contribution in [0, 0.1) is 0 Å². The third-order valence-corrected chi connectivity index (χ3v) is 6.53. The van der Waals surface area contributed by atoms with Gasteiger partial charge in [-0.15, -0.1) is 11.3 Å². The average molecular weight is 500 g/mol. The van der Waals surface area contributed by atoms with Gasteiger partial charge in [-0.1, -0.05) is 20.8 Å². The molecule has 10 heteroatoms. The number of nitrogens with zero attached hydrogens (tertiary/aromatic N) is 2. The molecule has 2 aromatic rings. The lowest BCUT2D eigenvalue weighted by molar-refractivity contribution is -0.137. The van der Waals surface area contributed by atoms with E-state index in [-0.39, 0.29) is 22.8 Å². The second kappa shape index (κ2) is 9.83. The summed E-state index contributed by atoms with van der Waals surface area (Å²) in [6, 6.07) is 2.81. The predicted molar refractivity (Wildman–Crippen MR) is 125 cm³/mol. The number of hydrogen-bond donors (Lipinski definition) is 1. The van der Waals surface area contributed by atoms with Crippen molar-refractivity contribution in [2.45, 2.75) is 84.2 Å². The maximum absolute atomic E-state index is 13.4. The Balaban J connectivity index is 2.05. The number of halogens is 3. The fraction of sp³-hybridized carbons (Fsp3) is 0.583. The van der Waals surface area contributed by atoms with Crippen molar-refractivity contribution in [1.29, 1.82) is 0 Å².